The lowest BCUT2D eigenvalue weighted by molar-refractivity contribution is 0.165. The van der Waals surface area contributed by atoms with E-state index in [1.54, 1.807) is 0 Å². The van der Waals surface area contributed by atoms with E-state index in [1.807, 2.05) is 19.1 Å². The summed E-state index contributed by atoms with van der Waals surface area (Å²) >= 11 is 6.17. The summed E-state index contributed by atoms with van der Waals surface area (Å²) < 4.78 is 0. The van der Waals surface area contributed by atoms with Crippen LogP contribution in [0.15, 0.2) is 23.8 Å². The minimum absolute atomic E-state index is 0.170. The summed E-state index contributed by atoms with van der Waals surface area (Å²) in [6.45, 7) is 6.17. The lowest BCUT2D eigenvalue weighted by Crippen LogP contribution is -2.21. The molecule has 3 heteroatoms. The molecule has 1 heterocycles. The predicted molar refractivity (Wildman–Crippen MR) is 77.4 cm³/mol. The third kappa shape index (κ3) is 2.88. The topological polar surface area (TPSA) is 32.3 Å². The molecular formula is C15H20ClNO. The molecule has 0 amide bonds. The number of anilines is 1. The van der Waals surface area contributed by atoms with Gasteiger partial charge >= 0.3 is 0 Å². The van der Waals surface area contributed by atoms with Gasteiger partial charge in [-0.25, -0.2) is 0 Å². The van der Waals surface area contributed by atoms with Gasteiger partial charge in [-0.1, -0.05) is 29.3 Å². The quantitative estimate of drug-likeness (QED) is 0.759. The molecule has 0 unspecified atom stereocenters. The van der Waals surface area contributed by atoms with Crippen molar-refractivity contribution in [2.24, 2.45) is 0 Å². The van der Waals surface area contributed by atoms with E-state index in [0.717, 1.165) is 28.3 Å². The zero-order valence-corrected chi connectivity index (χ0v) is 11.9. The van der Waals surface area contributed by atoms with Crippen LogP contribution in [0.25, 0.3) is 0 Å². The van der Waals surface area contributed by atoms with E-state index < -0.39 is 0 Å². The van der Waals surface area contributed by atoms with Gasteiger partial charge in [0.1, 0.15) is 0 Å². The average Bonchev–Trinajstić information content (AvgIpc) is 2.42. The smallest absolute Gasteiger partial charge is 0.0604 e. The molecule has 1 aliphatic heterocycles. The summed E-state index contributed by atoms with van der Waals surface area (Å²) in [4.78, 5) is 0. The average molecular weight is 266 g/mol. The second kappa shape index (κ2) is 5.33. The molecule has 1 aromatic carbocycles. The fourth-order valence-corrected chi connectivity index (χ4v) is 2.66. The van der Waals surface area contributed by atoms with Gasteiger partial charge in [-0.3, -0.25) is 0 Å². The summed E-state index contributed by atoms with van der Waals surface area (Å²) in [5, 5.41) is 14.4. The third-order valence-corrected chi connectivity index (χ3v) is 3.74. The highest BCUT2D eigenvalue weighted by Gasteiger charge is 2.22. The van der Waals surface area contributed by atoms with Gasteiger partial charge in [0, 0.05) is 23.2 Å². The van der Waals surface area contributed by atoms with Crippen molar-refractivity contribution in [1.82, 2.24) is 0 Å². The van der Waals surface area contributed by atoms with Crippen molar-refractivity contribution in [3.63, 3.8) is 0 Å². The monoisotopic (exact) mass is 265 g/mol. The number of halogens is 1. The fourth-order valence-electron chi connectivity index (χ4n) is 2.50. The maximum absolute atomic E-state index is 10.1. The van der Waals surface area contributed by atoms with Crippen molar-refractivity contribution >= 4 is 17.3 Å². The van der Waals surface area contributed by atoms with E-state index in [-0.39, 0.29) is 12.1 Å². The molecule has 2 rings (SSSR count). The Hall–Kier alpha value is -0.990. The van der Waals surface area contributed by atoms with Crippen LogP contribution in [0.2, 0.25) is 5.02 Å². The lowest BCUT2D eigenvalue weighted by atomic mass is 10.0. The summed E-state index contributed by atoms with van der Waals surface area (Å²) in [6, 6.07) is 4.08. The standard InChI is InChI=1S/C15H20ClNO/c1-9(2)6-12-8-13(18)7-11-4-5-14(16)10(3)15(11)17-12/h4-6,12-13,17-18H,7-8H2,1-3H3/t12-,13-/m1/s1. The Kier molecular flexibility index (Phi) is 3.98. The Morgan fingerprint density at radius 2 is 2.17 bits per heavy atom. The minimum atomic E-state index is -0.306. The zero-order valence-electron chi connectivity index (χ0n) is 11.1. The van der Waals surface area contributed by atoms with Gasteiger partial charge in [0.2, 0.25) is 0 Å². The van der Waals surface area contributed by atoms with E-state index in [1.165, 1.54) is 5.57 Å². The van der Waals surface area contributed by atoms with Crippen LogP contribution in [0, 0.1) is 6.92 Å². The molecule has 0 bridgehead atoms. The van der Waals surface area contributed by atoms with Gasteiger partial charge in [0.15, 0.2) is 0 Å². The maximum atomic E-state index is 10.1. The highest BCUT2D eigenvalue weighted by atomic mass is 35.5. The van der Waals surface area contributed by atoms with Gasteiger partial charge in [0.05, 0.1) is 6.10 Å². The van der Waals surface area contributed by atoms with Gasteiger partial charge in [0.25, 0.3) is 0 Å². The van der Waals surface area contributed by atoms with Crippen molar-refractivity contribution in [2.75, 3.05) is 5.32 Å². The minimum Gasteiger partial charge on any atom is -0.393 e. The Morgan fingerprint density at radius 1 is 1.44 bits per heavy atom. The summed E-state index contributed by atoms with van der Waals surface area (Å²) in [5.41, 5.74) is 4.55. The number of aliphatic hydroxyl groups excluding tert-OH is 1. The Bertz CT molecular complexity index is 478. The van der Waals surface area contributed by atoms with Crippen LogP contribution in [-0.4, -0.2) is 17.3 Å². The highest BCUT2D eigenvalue weighted by Crippen LogP contribution is 2.32. The van der Waals surface area contributed by atoms with Crippen LogP contribution in [0.5, 0.6) is 0 Å². The van der Waals surface area contributed by atoms with Crippen LogP contribution in [0.1, 0.15) is 31.4 Å². The van der Waals surface area contributed by atoms with Crippen molar-refractivity contribution in [3.05, 3.63) is 39.9 Å². The van der Waals surface area contributed by atoms with Gasteiger partial charge in [-0.05, 0) is 44.4 Å². The summed E-state index contributed by atoms with van der Waals surface area (Å²) in [6.07, 6.45) is 3.28. The molecule has 0 radical (unpaired) electrons. The normalized spacial score (nSPS) is 22.7. The van der Waals surface area contributed by atoms with Crippen molar-refractivity contribution in [2.45, 2.75) is 45.8 Å². The van der Waals surface area contributed by atoms with Gasteiger partial charge in [-0.15, -0.1) is 0 Å². The first-order valence-corrected chi connectivity index (χ1v) is 6.72. The molecule has 18 heavy (non-hydrogen) atoms. The SMILES string of the molecule is CC(C)=C[C@@H]1C[C@H](O)Cc2ccc(Cl)c(C)c2N1. The van der Waals surface area contributed by atoms with E-state index in [0.29, 0.717) is 6.42 Å². The second-order valence-corrected chi connectivity index (χ2v) is 5.70. The number of allylic oxidation sites excluding steroid dienone is 1. The molecule has 0 saturated heterocycles. The number of rotatable bonds is 1. The third-order valence-electron chi connectivity index (χ3n) is 3.33. The number of hydrogen-bond donors (Lipinski definition) is 2. The molecule has 98 valence electrons. The first-order valence-electron chi connectivity index (χ1n) is 6.35. The van der Waals surface area contributed by atoms with Crippen molar-refractivity contribution < 1.29 is 5.11 Å². The molecule has 2 atom stereocenters. The summed E-state index contributed by atoms with van der Waals surface area (Å²) in [7, 11) is 0. The van der Waals surface area contributed by atoms with Crippen molar-refractivity contribution in [3.8, 4) is 0 Å². The molecule has 0 aromatic heterocycles. The molecule has 2 N–H and O–H groups in total. The molecule has 1 aromatic rings. The first-order chi connectivity index (χ1) is 8.47. The predicted octanol–water partition coefficient (Wildman–Crippen LogP) is 3.70. The lowest BCUT2D eigenvalue weighted by Gasteiger charge is -2.18. The number of aliphatic hydroxyl groups is 1. The number of hydrogen-bond acceptors (Lipinski definition) is 2. The maximum Gasteiger partial charge on any atom is 0.0604 e. The van der Waals surface area contributed by atoms with Gasteiger partial charge < -0.3 is 10.4 Å². The molecule has 0 fully saturated rings. The zero-order chi connectivity index (χ0) is 13.3. The van der Waals surface area contributed by atoms with E-state index in [2.05, 4.69) is 25.2 Å². The van der Waals surface area contributed by atoms with Crippen LogP contribution in [0.4, 0.5) is 5.69 Å². The number of nitrogens with one attached hydrogen (secondary N) is 1. The fraction of sp³-hybridized carbons (Fsp3) is 0.467. The Morgan fingerprint density at radius 3 is 2.83 bits per heavy atom. The van der Waals surface area contributed by atoms with E-state index in [9.17, 15) is 5.11 Å². The Balaban J connectivity index is 2.41. The van der Waals surface area contributed by atoms with Crippen LogP contribution >= 0.6 is 11.6 Å². The number of benzene rings is 1. The second-order valence-electron chi connectivity index (χ2n) is 5.30. The van der Waals surface area contributed by atoms with E-state index >= 15 is 0 Å². The molecule has 1 aliphatic rings. The molecule has 0 saturated carbocycles. The summed E-state index contributed by atoms with van der Waals surface area (Å²) in [5.74, 6) is 0. The van der Waals surface area contributed by atoms with Crippen LogP contribution in [-0.2, 0) is 6.42 Å². The highest BCUT2D eigenvalue weighted by molar-refractivity contribution is 6.31. The van der Waals surface area contributed by atoms with Crippen LogP contribution < -0.4 is 5.32 Å². The molecular weight excluding hydrogens is 246 g/mol. The molecule has 2 nitrogen and oxygen atoms in total. The van der Waals surface area contributed by atoms with Crippen molar-refractivity contribution in [1.29, 1.82) is 0 Å². The largest absolute Gasteiger partial charge is 0.393 e. The molecule has 0 aliphatic carbocycles. The van der Waals surface area contributed by atoms with E-state index in [4.69, 9.17) is 11.6 Å². The Labute approximate surface area is 114 Å². The van der Waals surface area contributed by atoms with Crippen LogP contribution in [0.3, 0.4) is 0 Å². The van der Waals surface area contributed by atoms with Gasteiger partial charge in [-0.2, -0.15) is 0 Å². The molecule has 0 spiro atoms. The first kappa shape index (κ1) is 13.4. The number of fused-ring (bicyclic) bond motifs is 1.